The van der Waals surface area contributed by atoms with Gasteiger partial charge in [0.25, 0.3) is 0 Å². The van der Waals surface area contributed by atoms with E-state index in [1.165, 1.54) is 5.57 Å². The van der Waals surface area contributed by atoms with Crippen LogP contribution in [0.25, 0.3) is 0 Å². The fourth-order valence-electron chi connectivity index (χ4n) is 0.404. The Hall–Kier alpha value is 0.180. The molecule has 0 bridgehead atoms. The predicted octanol–water partition coefficient (Wildman–Crippen LogP) is 2.28. The van der Waals surface area contributed by atoms with Gasteiger partial charge in [-0.1, -0.05) is 35.4 Å². The monoisotopic (exact) mass is 191 g/mol. The first-order valence-corrected chi connectivity index (χ1v) is 4.07. The van der Waals surface area contributed by atoms with Crippen LogP contribution in [0.1, 0.15) is 20.8 Å². The normalized spacial score (nSPS) is 12.8. The van der Waals surface area contributed by atoms with Crippen molar-refractivity contribution in [3.05, 3.63) is 10.6 Å². The third-order valence-corrected chi connectivity index (χ3v) is 1.76. The lowest BCUT2D eigenvalue weighted by Crippen LogP contribution is -2.24. The molecular weight excluding hydrogens is 178 g/mol. The second kappa shape index (κ2) is 5.00. The smallest absolute Gasteiger partial charge is 0.0172 e. The molecule has 0 fully saturated rings. The largest absolute Gasteiger partial charge is 0.311 e. The van der Waals surface area contributed by atoms with Crippen molar-refractivity contribution >= 4 is 15.9 Å². The van der Waals surface area contributed by atoms with Crippen LogP contribution in [0, 0.1) is 0 Å². The Balaban J connectivity index is 3.28. The first kappa shape index (κ1) is 9.18. The van der Waals surface area contributed by atoms with Gasteiger partial charge in [-0.3, -0.25) is 0 Å². The van der Waals surface area contributed by atoms with Gasteiger partial charge in [-0.15, -0.1) is 0 Å². The van der Waals surface area contributed by atoms with Gasteiger partial charge in [0.1, 0.15) is 0 Å². The van der Waals surface area contributed by atoms with Crippen molar-refractivity contribution in [2.45, 2.75) is 26.8 Å². The van der Waals surface area contributed by atoms with Gasteiger partial charge in [-0.05, 0) is 11.9 Å². The maximum absolute atomic E-state index is 3.30. The summed E-state index contributed by atoms with van der Waals surface area (Å²) in [7, 11) is 0. The van der Waals surface area contributed by atoms with Crippen molar-refractivity contribution in [3.63, 3.8) is 0 Å². The summed E-state index contributed by atoms with van der Waals surface area (Å²) in [5.74, 6) is 0. The molecule has 0 aromatic rings. The van der Waals surface area contributed by atoms with Crippen LogP contribution in [0.5, 0.6) is 0 Å². The summed E-state index contributed by atoms with van der Waals surface area (Å²) in [6, 6.07) is 0.576. The zero-order chi connectivity index (χ0) is 7.28. The lowest BCUT2D eigenvalue weighted by Gasteiger charge is -2.06. The minimum absolute atomic E-state index is 0.576. The van der Waals surface area contributed by atoms with Gasteiger partial charge in [0.05, 0.1) is 0 Å². The SMILES string of the molecule is C/C(=C\Br)CNC(C)C. The molecule has 54 valence electrons. The van der Waals surface area contributed by atoms with E-state index < -0.39 is 0 Å². The number of halogens is 1. The maximum atomic E-state index is 3.30. The summed E-state index contributed by atoms with van der Waals surface area (Å²) in [6.07, 6.45) is 0. The molecule has 0 aliphatic rings. The molecule has 0 saturated heterocycles. The average Bonchev–Trinajstić information content (AvgIpc) is 1.83. The molecule has 0 heterocycles. The second-order valence-corrected chi connectivity index (χ2v) is 2.95. The third kappa shape index (κ3) is 6.06. The van der Waals surface area contributed by atoms with Crippen LogP contribution in [0.4, 0.5) is 0 Å². The Morgan fingerprint density at radius 1 is 1.67 bits per heavy atom. The van der Waals surface area contributed by atoms with Crippen molar-refractivity contribution in [2.24, 2.45) is 0 Å². The van der Waals surface area contributed by atoms with Gasteiger partial charge < -0.3 is 5.32 Å². The Morgan fingerprint density at radius 3 is 2.56 bits per heavy atom. The highest BCUT2D eigenvalue weighted by Crippen LogP contribution is 1.94. The quantitative estimate of drug-likeness (QED) is 0.723. The van der Waals surface area contributed by atoms with Gasteiger partial charge in [0.2, 0.25) is 0 Å². The Kier molecular flexibility index (Phi) is 5.10. The van der Waals surface area contributed by atoms with E-state index in [-0.39, 0.29) is 0 Å². The zero-order valence-electron chi connectivity index (χ0n) is 6.24. The van der Waals surface area contributed by atoms with E-state index in [2.05, 4.69) is 42.0 Å². The lowest BCUT2D eigenvalue weighted by molar-refractivity contribution is 0.622. The van der Waals surface area contributed by atoms with E-state index in [1.807, 2.05) is 4.99 Å². The molecule has 0 radical (unpaired) electrons. The van der Waals surface area contributed by atoms with Gasteiger partial charge in [-0.25, -0.2) is 0 Å². The second-order valence-electron chi connectivity index (χ2n) is 2.49. The summed E-state index contributed by atoms with van der Waals surface area (Å²) in [5.41, 5.74) is 1.32. The molecule has 0 rings (SSSR count). The van der Waals surface area contributed by atoms with Crippen molar-refractivity contribution < 1.29 is 0 Å². The molecule has 0 aromatic carbocycles. The molecule has 0 aliphatic carbocycles. The van der Waals surface area contributed by atoms with Crippen LogP contribution in [0.2, 0.25) is 0 Å². The van der Waals surface area contributed by atoms with Crippen LogP contribution >= 0.6 is 15.9 Å². The maximum Gasteiger partial charge on any atom is 0.0172 e. The number of rotatable bonds is 3. The van der Waals surface area contributed by atoms with Crippen LogP contribution < -0.4 is 5.32 Å². The first-order chi connectivity index (χ1) is 4.16. The van der Waals surface area contributed by atoms with Crippen LogP contribution in [0.3, 0.4) is 0 Å². The van der Waals surface area contributed by atoms with Crippen LogP contribution in [-0.2, 0) is 0 Å². The summed E-state index contributed by atoms with van der Waals surface area (Å²) < 4.78 is 0. The summed E-state index contributed by atoms with van der Waals surface area (Å²) in [5, 5.41) is 3.30. The van der Waals surface area contributed by atoms with Crippen LogP contribution in [0.15, 0.2) is 10.6 Å². The third-order valence-electron chi connectivity index (χ3n) is 0.975. The standard InChI is InChI=1S/C7H14BrN/c1-6(2)9-5-7(3)4-8/h4,6,9H,5H2,1-3H3/b7-4+. The molecule has 9 heavy (non-hydrogen) atoms. The predicted molar refractivity (Wildman–Crippen MR) is 45.8 cm³/mol. The molecule has 0 aliphatic heterocycles. The number of hydrogen-bond donors (Lipinski definition) is 1. The summed E-state index contributed by atoms with van der Waals surface area (Å²) >= 11 is 3.26. The summed E-state index contributed by atoms with van der Waals surface area (Å²) in [4.78, 5) is 1.95. The molecule has 0 saturated carbocycles. The highest BCUT2D eigenvalue weighted by molar-refractivity contribution is 9.11. The summed E-state index contributed by atoms with van der Waals surface area (Å²) in [6.45, 7) is 7.34. The molecule has 2 heteroatoms. The fraction of sp³-hybridized carbons (Fsp3) is 0.714. The number of nitrogens with one attached hydrogen (secondary N) is 1. The minimum atomic E-state index is 0.576. The fourth-order valence-corrected chi connectivity index (χ4v) is 0.566. The molecule has 0 aromatic heterocycles. The highest BCUT2D eigenvalue weighted by atomic mass is 79.9. The van der Waals surface area contributed by atoms with Gasteiger partial charge in [0, 0.05) is 12.6 Å². The van der Waals surface area contributed by atoms with E-state index in [0.29, 0.717) is 6.04 Å². The van der Waals surface area contributed by atoms with Crippen molar-refractivity contribution in [1.29, 1.82) is 0 Å². The Labute approximate surface area is 65.7 Å². The number of hydrogen-bond acceptors (Lipinski definition) is 1. The van der Waals surface area contributed by atoms with Crippen molar-refractivity contribution in [1.82, 2.24) is 5.32 Å². The van der Waals surface area contributed by atoms with Crippen molar-refractivity contribution in [2.75, 3.05) is 6.54 Å². The van der Waals surface area contributed by atoms with Crippen LogP contribution in [-0.4, -0.2) is 12.6 Å². The average molecular weight is 192 g/mol. The lowest BCUT2D eigenvalue weighted by atomic mass is 10.3. The molecule has 0 spiro atoms. The molecule has 1 nitrogen and oxygen atoms in total. The molecule has 0 atom stereocenters. The highest BCUT2D eigenvalue weighted by Gasteiger charge is 1.90. The Bertz CT molecular complexity index is 97.1. The minimum Gasteiger partial charge on any atom is -0.311 e. The molecule has 0 amide bonds. The van der Waals surface area contributed by atoms with E-state index in [1.54, 1.807) is 0 Å². The Morgan fingerprint density at radius 2 is 2.22 bits per heavy atom. The van der Waals surface area contributed by atoms with E-state index in [9.17, 15) is 0 Å². The van der Waals surface area contributed by atoms with Gasteiger partial charge in [-0.2, -0.15) is 0 Å². The van der Waals surface area contributed by atoms with E-state index in [4.69, 9.17) is 0 Å². The van der Waals surface area contributed by atoms with E-state index in [0.717, 1.165) is 6.54 Å². The van der Waals surface area contributed by atoms with Crippen molar-refractivity contribution in [3.8, 4) is 0 Å². The molecular formula is C7H14BrN. The molecule has 0 unspecified atom stereocenters. The molecule has 1 N–H and O–H groups in total. The van der Waals surface area contributed by atoms with E-state index >= 15 is 0 Å². The first-order valence-electron chi connectivity index (χ1n) is 3.16. The van der Waals surface area contributed by atoms with Gasteiger partial charge in [0.15, 0.2) is 0 Å². The zero-order valence-corrected chi connectivity index (χ0v) is 7.83. The topological polar surface area (TPSA) is 12.0 Å². The van der Waals surface area contributed by atoms with Gasteiger partial charge >= 0.3 is 0 Å².